The molecule has 2 aromatic carbocycles. The third kappa shape index (κ3) is 5.12. The lowest BCUT2D eigenvalue weighted by Crippen LogP contribution is -2.10. The first-order valence-electron chi connectivity index (χ1n) is 10.0. The molecule has 0 aliphatic heterocycles. The number of rotatable bonds is 9. The Morgan fingerprint density at radius 2 is 1.79 bits per heavy atom. The van der Waals surface area contributed by atoms with Crippen molar-refractivity contribution in [2.75, 3.05) is 6.61 Å². The standard InChI is InChI=1S/C23H20N2O7S/c1-2-29-19-11-7-6-10-18(19)22-24-20(32-25-22)14-31-23(26)21-16(12-13-30-21)15-33(27,28)17-8-4-3-5-9-17/h3-13H,2,14-15H2,1H3. The third-order valence-corrected chi connectivity index (χ3v) is 6.28. The summed E-state index contributed by atoms with van der Waals surface area (Å²) in [5.41, 5.74) is 0.834. The molecule has 0 radical (unpaired) electrons. The predicted molar refractivity (Wildman–Crippen MR) is 116 cm³/mol. The van der Waals surface area contributed by atoms with Crippen LogP contribution < -0.4 is 4.74 Å². The van der Waals surface area contributed by atoms with E-state index in [4.69, 9.17) is 18.4 Å². The zero-order valence-electron chi connectivity index (χ0n) is 17.6. The number of aromatic nitrogens is 2. The van der Waals surface area contributed by atoms with Gasteiger partial charge in [-0.2, -0.15) is 4.98 Å². The minimum Gasteiger partial charge on any atom is -0.493 e. The molecule has 0 aliphatic rings. The van der Waals surface area contributed by atoms with Gasteiger partial charge in [0, 0.05) is 5.56 Å². The number of nitrogens with zero attached hydrogens (tertiary/aromatic N) is 2. The van der Waals surface area contributed by atoms with Crippen molar-refractivity contribution >= 4 is 15.8 Å². The van der Waals surface area contributed by atoms with E-state index in [1.54, 1.807) is 30.3 Å². The molecule has 0 fully saturated rings. The highest BCUT2D eigenvalue weighted by Crippen LogP contribution is 2.28. The van der Waals surface area contributed by atoms with Gasteiger partial charge >= 0.3 is 5.97 Å². The maximum absolute atomic E-state index is 12.6. The molecule has 10 heteroatoms. The summed E-state index contributed by atoms with van der Waals surface area (Å²) in [6.07, 6.45) is 1.24. The van der Waals surface area contributed by atoms with Gasteiger partial charge in [-0.3, -0.25) is 0 Å². The van der Waals surface area contributed by atoms with Crippen LogP contribution in [0.2, 0.25) is 0 Å². The van der Waals surface area contributed by atoms with Gasteiger partial charge in [-0.15, -0.1) is 0 Å². The average molecular weight is 468 g/mol. The van der Waals surface area contributed by atoms with Crippen molar-refractivity contribution < 1.29 is 31.6 Å². The molecule has 33 heavy (non-hydrogen) atoms. The summed E-state index contributed by atoms with van der Waals surface area (Å²) in [7, 11) is -3.66. The normalized spacial score (nSPS) is 11.3. The van der Waals surface area contributed by atoms with Crippen molar-refractivity contribution in [1.82, 2.24) is 10.1 Å². The van der Waals surface area contributed by atoms with Crippen molar-refractivity contribution in [3.63, 3.8) is 0 Å². The Morgan fingerprint density at radius 3 is 2.58 bits per heavy atom. The fraction of sp³-hybridized carbons (Fsp3) is 0.174. The fourth-order valence-electron chi connectivity index (χ4n) is 3.09. The van der Waals surface area contributed by atoms with Crippen LogP contribution in [0.3, 0.4) is 0 Å². The van der Waals surface area contributed by atoms with Crippen LogP contribution in [-0.4, -0.2) is 31.1 Å². The molecule has 2 heterocycles. The highest BCUT2D eigenvalue weighted by Gasteiger charge is 2.24. The molecule has 0 unspecified atom stereocenters. The van der Waals surface area contributed by atoms with Crippen LogP contribution in [0.25, 0.3) is 11.4 Å². The lowest BCUT2D eigenvalue weighted by atomic mass is 10.2. The van der Waals surface area contributed by atoms with Crippen molar-refractivity contribution in [1.29, 1.82) is 0 Å². The van der Waals surface area contributed by atoms with Crippen LogP contribution in [0.15, 0.2) is 80.8 Å². The molecule has 0 amide bonds. The first-order chi connectivity index (χ1) is 16.0. The van der Waals surface area contributed by atoms with Gasteiger partial charge in [0.05, 0.1) is 29.1 Å². The number of furan rings is 1. The molecule has 0 saturated carbocycles. The zero-order chi connectivity index (χ0) is 23.3. The van der Waals surface area contributed by atoms with E-state index < -0.39 is 21.6 Å². The molecule has 0 aliphatic carbocycles. The van der Waals surface area contributed by atoms with E-state index >= 15 is 0 Å². The minimum atomic E-state index is -3.66. The lowest BCUT2D eigenvalue weighted by Gasteiger charge is -2.06. The second-order valence-electron chi connectivity index (χ2n) is 6.86. The van der Waals surface area contributed by atoms with E-state index in [0.717, 1.165) is 0 Å². The zero-order valence-corrected chi connectivity index (χ0v) is 18.4. The molecule has 0 N–H and O–H groups in total. The van der Waals surface area contributed by atoms with Crippen molar-refractivity contribution in [3.05, 3.63) is 84.1 Å². The molecule has 0 spiro atoms. The van der Waals surface area contributed by atoms with Crippen molar-refractivity contribution in [3.8, 4) is 17.1 Å². The number of para-hydroxylation sites is 1. The van der Waals surface area contributed by atoms with E-state index in [1.807, 2.05) is 19.1 Å². The highest BCUT2D eigenvalue weighted by molar-refractivity contribution is 7.90. The molecular weight excluding hydrogens is 448 g/mol. The Balaban J connectivity index is 1.44. The predicted octanol–water partition coefficient (Wildman–Crippen LogP) is 4.06. The van der Waals surface area contributed by atoms with E-state index in [2.05, 4.69) is 10.1 Å². The van der Waals surface area contributed by atoms with E-state index in [9.17, 15) is 13.2 Å². The summed E-state index contributed by atoms with van der Waals surface area (Å²) in [5.74, 6) is -0.489. The van der Waals surface area contributed by atoms with Crippen LogP contribution in [-0.2, 0) is 26.9 Å². The third-order valence-electron chi connectivity index (χ3n) is 4.60. The maximum atomic E-state index is 12.6. The van der Waals surface area contributed by atoms with Crippen LogP contribution >= 0.6 is 0 Å². The number of esters is 1. The topological polar surface area (TPSA) is 122 Å². The van der Waals surface area contributed by atoms with Crippen LogP contribution in [0.5, 0.6) is 5.75 Å². The molecule has 0 saturated heterocycles. The number of carbonyl (C=O) groups excluding carboxylic acids is 1. The van der Waals surface area contributed by atoms with Gasteiger partial charge in [-0.25, -0.2) is 13.2 Å². The SMILES string of the molecule is CCOc1ccccc1-c1noc(COC(=O)c2occc2CS(=O)(=O)c2ccccc2)n1. The van der Waals surface area contributed by atoms with Crippen LogP contribution in [0.1, 0.15) is 28.9 Å². The van der Waals surface area contributed by atoms with Gasteiger partial charge in [0.1, 0.15) is 5.75 Å². The Morgan fingerprint density at radius 1 is 1.03 bits per heavy atom. The van der Waals surface area contributed by atoms with Gasteiger partial charge < -0.3 is 18.4 Å². The van der Waals surface area contributed by atoms with Gasteiger partial charge in [0.25, 0.3) is 5.89 Å². The quantitative estimate of drug-likeness (QED) is 0.335. The average Bonchev–Trinajstić information content (AvgIpc) is 3.48. The number of hydrogen-bond donors (Lipinski definition) is 0. The minimum absolute atomic E-state index is 0.0645. The number of benzene rings is 2. The highest BCUT2D eigenvalue weighted by atomic mass is 32.2. The smallest absolute Gasteiger partial charge is 0.375 e. The largest absolute Gasteiger partial charge is 0.493 e. The monoisotopic (exact) mass is 468 g/mol. The molecule has 0 bridgehead atoms. The molecular formula is C23H20N2O7S. The van der Waals surface area contributed by atoms with Crippen molar-refractivity contribution in [2.24, 2.45) is 0 Å². The van der Waals surface area contributed by atoms with Gasteiger partial charge in [0.2, 0.25) is 11.6 Å². The fourth-order valence-corrected chi connectivity index (χ4v) is 4.47. The first-order valence-corrected chi connectivity index (χ1v) is 11.7. The number of ether oxygens (including phenoxy) is 2. The molecule has 4 aromatic rings. The molecule has 9 nitrogen and oxygen atoms in total. The van der Waals surface area contributed by atoms with Crippen LogP contribution in [0.4, 0.5) is 0 Å². The second-order valence-corrected chi connectivity index (χ2v) is 8.85. The number of carbonyl (C=O) groups is 1. The van der Waals surface area contributed by atoms with E-state index in [-0.39, 0.29) is 34.5 Å². The summed E-state index contributed by atoms with van der Waals surface area (Å²) >= 11 is 0. The summed E-state index contributed by atoms with van der Waals surface area (Å²) in [6.45, 7) is 2.03. The molecule has 2 aromatic heterocycles. The molecule has 4 rings (SSSR count). The number of sulfone groups is 1. The van der Waals surface area contributed by atoms with E-state index in [0.29, 0.717) is 17.9 Å². The Bertz CT molecular complexity index is 1340. The Kier molecular flexibility index (Phi) is 6.55. The molecule has 0 atom stereocenters. The van der Waals surface area contributed by atoms with E-state index in [1.165, 1.54) is 24.5 Å². The Labute approximate surface area is 189 Å². The summed E-state index contributed by atoms with van der Waals surface area (Å²) < 4.78 is 46.4. The number of hydrogen-bond acceptors (Lipinski definition) is 9. The lowest BCUT2D eigenvalue weighted by molar-refractivity contribution is 0.0392. The summed E-state index contributed by atoms with van der Waals surface area (Å²) in [6, 6.07) is 16.6. The van der Waals surface area contributed by atoms with Gasteiger partial charge in [0.15, 0.2) is 16.4 Å². The van der Waals surface area contributed by atoms with Gasteiger partial charge in [-0.1, -0.05) is 35.5 Å². The van der Waals surface area contributed by atoms with Gasteiger partial charge in [-0.05, 0) is 37.3 Å². The van der Waals surface area contributed by atoms with Crippen molar-refractivity contribution in [2.45, 2.75) is 24.2 Å². The second kappa shape index (κ2) is 9.70. The Hall–Kier alpha value is -3.92. The molecule has 170 valence electrons. The maximum Gasteiger partial charge on any atom is 0.375 e. The summed E-state index contributed by atoms with van der Waals surface area (Å²) in [5, 5.41) is 3.91. The van der Waals surface area contributed by atoms with Crippen LogP contribution in [0, 0.1) is 0 Å². The summed E-state index contributed by atoms with van der Waals surface area (Å²) in [4.78, 5) is 16.9. The first kappa shape index (κ1) is 22.3.